The molecule has 1 saturated heterocycles. The zero-order chi connectivity index (χ0) is 20.2. The van der Waals surface area contributed by atoms with Gasteiger partial charge in [-0.3, -0.25) is 9.59 Å². The molecule has 3 aromatic rings. The highest BCUT2D eigenvalue weighted by atomic mass is 19.1. The molecular weight excluding hydrogens is 371 g/mol. The van der Waals surface area contributed by atoms with Crippen molar-refractivity contribution in [2.45, 2.75) is 12.8 Å². The summed E-state index contributed by atoms with van der Waals surface area (Å²) in [5, 5.41) is 2.81. The van der Waals surface area contributed by atoms with Gasteiger partial charge in [0, 0.05) is 29.9 Å². The van der Waals surface area contributed by atoms with E-state index >= 15 is 0 Å². The van der Waals surface area contributed by atoms with Crippen molar-refractivity contribution >= 4 is 17.5 Å². The summed E-state index contributed by atoms with van der Waals surface area (Å²) < 4.78 is 18.4. The first-order valence-electron chi connectivity index (χ1n) is 9.60. The SMILES string of the molecule is O=C(Nc1ccc(F)cc1)C1CCCN(C(=O)c2cccc(-c3ccco3)c2)C1. The highest BCUT2D eigenvalue weighted by Gasteiger charge is 2.29. The van der Waals surface area contributed by atoms with E-state index in [4.69, 9.17) is 4.42 Å². The number of carbonyl (C=O) groups excluding carboxylic acids is 2. The largest absolute Gasteiger partial charge is 0.464 e. The Morgan fingerprint density at radius 2 is 1.90 bits per heavy atom. The van der Waals surface area contributed by atoms with E-state index in [1.807, 2.05) is 24.3 Å². The first kappa shape index (κ1) is 18.9. The quantitative estimate of drug-likeness (QED) is 0.707. The molecule has 0 saturated carbocycles. The Morgan fingerprint density at radius 1 is 1.07 bits per heavy atom. The van der Waals surface area contributed by atoms with Crippen molar-refractivity contribution in [1.82, 2.24) is 4.90 Å². The van der Waals surface area contributed by atoms with E-state index in [0.29, 0.717) is 36.5 Å². The van der Waals surface area contributed by atoms with Gasteiger partial charge in [0.15, 0.2) is 0 Å². The van der Waals surface area contributed by atoms with Crippen LogP contribution in [0.15, 0.2) is 71.3 Å². The maximum atomic E-state index is 13.0. The molecule has 2 heterocycles. The highest BCUT2D eigenvalue weighted by Crippen LogP contribution is 2.24. The minimum Gasteiger partial charge on any atom is -0.464 e. The van der Waals surface area contributed by atoms with E-state index in [2.05, 4.69) is 5.32 Å². The lowest BCUT2D eigenvalue weighted by atomic mass is 9.96. The molecule has 1 unspecified atom stereocenters. The molecule has 6 heteroatoms. The van der Waals surface area contributed by atoms with Crippen molar-refractivity contribution in [1.29, 1.82) is 0 Å². The molecule has 4 rings (SSSR count). The number of anilines is 1. The summed E-state index contributed by atoms with van der Waals surface area (Å²) in [6, 6.07) is 16.6. The molecule has 1 fully saturated rings. The van der Waals surface area contributed by atoms with Crippen molar-refractivity contribution in [3.05, 3.63) is 78.3 Å². The summed E-state index contributed by atoms with van der Waals surface area (Å²) in [5.41, 5.74) is 1.95. The number of carbonyl (C=O) groups is 2. The highest BCUT2D eigenvalue weighted by molar-refractivity contribution is 5.97. The van der Waals surface area contributed by atoms with Gasteiger partial charge in [0.25, 0.3) is 5.91 Å². The number of amides is 2. The number of halogens is 1. The number of nitrogens with one attached hydrogen (secondary N) is 1. The third-order valence-corrected chi connectivity index (χ3v) is 5.11. The van der Waals surface area contributed by atoms with Crippen LogP contribution in [-0.4, -0.2) is 29.8 Å². The molecule has 1 N–H and O–H groups in total. The summed E-state index contributed by atoms with van der Waals surface area (Å²) >= 11 is 0. The Hall–Kier alpha value is -3.41. The Morgan fingerprint density at radius 3 is 2.66 bits per heavy atom. The van der Waals surface area contributed by atoms with Gasteiger partial charge in [-0.2, -0.15) is 0 Å². The Bertz CT molecular complexity index is 999. The van der Waals surface area contributed by atoms with Gasteiger partial charge in [-0.25, -0.2) is 4.39 Å². The van der Waals surface area contributed by atoms with E-state index in [0.717, 1.165) is 12.0 Å². The van der Waals surface area contributed by atoms with E-state index in [9.17, 15) is 14.0 Å². The van der Waals surface area contributed by atoms with Crippen molar-refractivity contribution in [3.8, 4) is 11.3 Å². The molecule has 1 aliphatic heterocycles. The molecule has 0 aliphatic carbocycles. The molecule has 2 amide bonds. The number of hydrogen-bond acceptors (Lipinski definition) is 3. The summed E-state index contributed by atoms with van der Waals surface area (Å²) in [6.45, 7) is 0.973. The first-order valence-corrected chi connectivity index (χ1v) is 9.60. The summed E-state index contributed by atoms with van der Waals surface area (Å²) in [6.07, 6.45) is 3.06. The second-order valence-corrected chi connectivity index (χ2v) is 7.14. The number of nitrogens with zero attached hydrogens (tertiary/aromatic N) is 1. The van der Waals surface area contributed by atoms with Crippen molar-refractivity contribution < 1.29 is 18.4 Å². The molecule has 0 spiro atoms. The monoisotopic (exact) mass is 392 g/mol. The molecular formula is C23H21FN2O3. The maximum Gasteiger partial charge on any atom is 0.253 e. The van der Waals surface area contributed by atoms with Gasteiger partial charge in [-0.1, -0.05) is 12.1 Å². The number of furan rings is 1. The van der Waals surface area contributed by atoms with Crippen LogP contribution in [0.2, 0.25) is 0 Å². The predicted octanol–water partition coefficient (Wildman–Crippen LogP) is 4.58. The van der Waals surface area contributed by atoms with Gasteiger partial charge in [-0.15, -0.1) is 0 Å². The Kier molecular flexibility index (Phi) is 5.42. The number of hydrogen-bond donors (Lipinski definition) is 1. The summed E-state index contributed by atoms with van der Waals surface area (Å²) in [5.74, 6) is -0.203. The van der Waals surface area contributed by atoms with E-state index in [1.54, 1.807) is 23.3 Å². The summed E-state index contributed by atoms with van der Waals surface area (Å²) in [7, 11) is 0. The molecule has 5 nitrogen and oxygen atoms in total. The molecule has 0 bridgehead atoms. The number of likely N-dealkylation sites (tertiary alicyclic amines) is 1. The van der Waals surface area contributed by atoms with Crippen LogP contribution in [-0.2, 0) is 4.79 Å². The van der Waals surface area contributed by atoms with E-state index < -0.39 is 0 Å². The van der Waals surface area contributed by atoms with Crippen LogP contribution >= 0.6 is 0 Å². The van der Waals surface area contributed by atoms with Crippen LogP contribution in [0.25, 0.3) is 11.3 Å². The normalized spacial score (nSPS) is 16.4. The Balaban J connectivity index is 1.44. The fourth-order valence-corrected chi connectivity index (χ4v) is 3.58. The van der Waals surface area contributed by atoms with Gasteiger partial charge in [0.05, 0.1) is 12.2 Å². The van der Waals surface area contributed by atoms with Crippen LogP contribution in [0.3, 0.4) is 0 Å². The third kappa shape index (κ3) is 4.37. The lowest BCUT2D eigenvalue weighted by Gasteiger charge is -2.32. The minimum absolute atomic E-state index is 0.0994. The van der Waals surface area contributed by atoms with Gasteiger partial charge >= 0.3 is 0 Å². The molecule has 1 aromatic heterocycles. The molecule has 1 atom stereocenters. The van der Waals surface area contributed by atoms with Gasteiger partial charge in [-0.05, 0) is 61.4 Å². The second-order valence-electron chi connectivity index (χ2n) is 7.14. The second kappa shape index (κ2) is 8.31. The standard InChI is InChI=1S/C23H21FN2O3/c24-19-8-10-20(11-9-19)25-22(27)18-6-2-12-26(15-18)23(28)17-5-1-4-16(14-17)21-7-3-13-29-21/h1,3-5,7-11,13-14,18H,2,6,12,15H2,(H,25,27). The van der Waals surface area contributed by atoms with Crippen LogP contribution in [0.5, 0.6) is 0 Å². The van der Waals surface area contributed by atoms with Crippen LogP contribution in [0, 0.1) is 11.7 Å². The van der Waals surface area contributed by atoms with E-state index in [1.165, 1.54) is 24.3 Å². The molecule has 0 radical (unpaired) electrons. The van der Waals surface area contributed by atoms with Crippen molar-refractivity contribution in [2.75, 3.05) is 18.4 Å². The van der Waals surface area contributed by atoms with Crippen LogP contribution < -0.4 is 5.32 Å². The molecule has 148 valence electrons. The lowest BCUT2D eigenvalue weighted by molar-refractivity contribution is -0.121. The Labute approximate surface area is 168 Å². The number of piperidine rings is 1. The van der Waals surface area contributed by atoms with Crippen LogP contribution in [0.1, 0.15) is 23.2 Å². The van der Waals surface area contributed by atoms with Gasteiger partial charge < -0.3 is 14.6 Å². The molecule has 2 aromatic carbocycles. The zero-order valence-corrected chi connectivity index (χ0v) is 15.8. The number of benzene rings is 2. The average molecular weight is 392 g/mol. The zero-order valence-electron chi connectivity index (χ0n) is 15.8. The lowest BCUT2D eigenvalue weighted by Crippen LogP contribution is -2.43. The molecule has 29 heavy (non-hydrogen) atoms. The number of rotatable bonds is 4. The summed E-state index contributed by atoms with van der Waals surface area (Å²) in [4.78, 5) is 27.3. The average Bonchev–Trinajstić information content (AvgIpc) is 3.30. The van der Waals surface area contributed by atoms with Gasteiger partial charge in [0.2, 0.25) is 5.91 Å². The van der Waals surface area contributed by atoms with E-state index in [-0.39, 0.29) is 23.5 Å². The fraction of sp³-hybridized carbons (Fsp3) is 0.217. The third-order valence-electron chi connectivity index (χ3n) is 5.11. The topological polar surface area (TPSA) is 62.6 Å². The van der Waals surface area contributed by atoms with Crippen molar-refractivity contribution in [2.24, 2.45) is 5.92 Å². The van der Waals surface area contributed by atoms with Crippen molar-refractivity contribution in [3.63, 3.8) is 0 Å². The fourth-order valence-electron chi connectivity index (χ4n) is 3.58. The predicted molar refractivity (Wildman–Crippen MR) is 108 cm³/mol. The first-order chi connectivity index (χ1) is 14.1. The smallest absolute Gasteiger partial charge is 0.253 e. The van der Waals surface area contributed by atoms with Crippen LogP contribution in [0.4, 0.5) is 10.1 Å². The molecule has 1 aliphatic rings. The maximum absolute atomic E-state index is 13.0. The van der Waals surface area contributed by atoms with Gasteiger partial charge in [0.1, 0.15) is 11.6 Å². The minimum atomic E-state index is -0.353.